The van der Waals surface area contributed by atoms with Crippen LogP contribution in [0.1, 0.15) is 12.5 Å². The predicted octanol–water partition coefficient (Wildman–Crippen LogP) is 1.88. The highest BCUT2D eigenvalue weighted by Crippen LogP contribution is 2.20. The van der Waals surface area contributed by atoms with Crippen LogP contribution >= 0.6 is 23.1 Å². The number of aromatic nitrogens is 2. The Balaban J connectivity index is 1.85. The van der Waals surface area contributed by atoms with Crippen LogP contribution in [-0.4, -0.2) is 36.8 Å². The summed E-state index contributed by atoms with van der Waals surface area (Å²) in [4.78, 5) is 12.0. The molecule has 0 saturated carbocycles. The van der Waals surface area contributed by atoms with Crippen LogP contribution in [-0.2, 0) is 14.8 Å². The number of carbonyl (C=O) groups is 1. The lowest BCUT2D eigenvalue weighted by Crippen LogP contribution is -2.25. The van der Waals surface area contributed by atoms with Gasteiger partial charge in [0.1, 0.15) is 0 Å². The molecule has 0 fully saturated rings. The van der Waals surface area contributed by atoms with Crippen LogP contribution in [0.3, 0.4) is 0 Å². The van der Waals surface area contributed by atoms with Crippen LogP contribution in [0.15, 0.2) is 33.5 Å². The number of benzene rings is 1. The van der Waals surface area contributed by atoms with Gasteiger partial charge >= 0.3 is 0 Å². The molecule has 1 aromatic heterocycles. The summed E-state index contributed by atoms with van der Waals surface area (Å²) in [5, 5.41) is 9.76. The number of sulfonamides is 1. The van der Waals surface area contributed by atoms with Gasteiger partial charge in [-0.25, -0.2) is 13.1 Å². The summed E-state index contributed by atoms with van der Waals surface area (Å²) in [6.45, 7) is 3.60. The lowest BCUT2D eigenvalue weighted by Gasteiger charge is -2.04. The maximum Gasteiger partial charge on any atom is 0.269 e. The van der Waals surface area contributed by atoms with Crippen molar-refractivity contribution in [3.8, 4) is 0 Å². The quantitative estimate of drug-likeness (QED) is 0.437. The second kappa shape index (κ2) is 7.86. The Morgan fingerprint density at radius 3 is 2.61 bits per heavy atom. The summed E-state index contributed by atoms with van der Waals surface area (Å²) in [7, 11) is -3.71. The molecule has 2 N–H and O–H groups in total. The molecule has 1 amide bonds. The van der Waals surface area contributed by atoms with Crippen molar-refractivity contribution >= 4 is 44.2 Å². The molecule has 0 radical (unpaired) electrons. The van der Waals surface area contributed by atoms with E-state index >= 15 is 0 Å². The van der Waals surface area contributed by atoms with Gasteiger partial charge in [0.15, 0.2) is 0 Å². The van der Waals surface area contributed by atoms with E-state index in [1.165, 1.54) is 12.5 Å². The third-order valence-corrected chi connectivity index (χ3v) is 6.28. The second-order valence-electron chi connectivity index (χ2n) is 4.61. The molecule has 1 aromatic carbocycles. The number of hydrogen-bond acceptors (Lipinski definition) is 7. The molecular weight excluding hydrogens is 356 g/mol. The number of nitrogens with zero attached hydrogens (tertiary/aromatic N) is 2. The summed E-state index contributed by atoms with van der Waals surface area (Å²) < 4.78 is 26.4. The summed E-state index contributed by atoms with van der Waals surface area (Å²) in [5.41, 5.74) is 1.18. The Morgan fingerprint density at radius 2 is 1.96 bits per heavy atom. The van der Waals surface area contributed by atoms with Crippen molar-refractivity contribution in [1.82, 2.24) is 14.9 Å². The molecule has 10 heteroatoms. The van der Waals surface area contributed by atoms with Crippen molar-refractivity contribution in [2.75, 3.05) is 17.6 Å². The third kappa shape index (κ3) is 5.57. The minimum absolute atomic E-state index is 0.159. The minimum atomic E-state index is -3.71. The number of amides is 1. The van der Waals surface area contributed by atoms with Gasteiger partial charge in [-0.1, -0.05) is 29.0 Å². The van der Waals surface area contributed by atoms with Gasteiger partial charge < -0.3 is 5.32 Å². The highest BCUT2D eigenvalue weighted by molar-refractivity contribution is 7.99. The molecule has 0 aliphatic rings. The van der Waals surface area contributed by atoms with E-state index in [2.05, 4.69) is 20.2 Å². The molecule has 0 spiro atoms. The van der Waals surface area contributed by atoms with Gasteiger partial charge in [0.25, 0.3) is 10.0 Å². The monoisotopic (exact) mass is 372 g/mol. The fourth-order valence-corrected chi connectivity index (χ4v) is 4.48. The topological polar surface area (TPSA) is 101 Å². The van der Waals surface area contributed by atoms with Gasteiger partial charge in [-0.05, 0) is 19.1 Å². The van der Waals surface area contributed by atoms with Gasteiger partial charge in [0, 0.05) is 24.1 Å². The smallest absolute Gasteiger partial charge is 0.269 e. The van der Waals surface area contributed by atoms with Crippen molar-refractivity contribution in [3.05, 3.63) is 29.8 Å². The molecule has 0 aliphatic heterocycles. The third-order valence-electron chi connectivity index (χ3n) is 2.60. The summed E-state index contributed by atoms with van der Waals surface area (Å²) in [6, 6.07) is 8.02. The zero-order valence-electron chi connectivity index (χ0n) is 12.6. The average Bonchev–Trinajstić information content (AvgIpc) is 2.94. The molecule has 2 aromatic rings. The van der Waals surface area contributed by atoms with Crippen LogP contribution in [0.5, 0.6) is 0 Å². The molecule has 0 unspecified atom stereocenters. The van der Waals surface area contributed by atoms with Crippen LogP contribution in [0, 0.1) is 6.92 Å². The van der Waals surface area contributed by atoms with Gasteiger partial charge in [-0.2, -0.15) is 0 Å². The molecule has 0 aliphatic carbocycles. The van der Waals surface area contributed by atoms with E-state index in [1.807, 2.05) is 31.2 Å². The molecule has 7 nitrogen and oxygen atoms in total. The fraction of sp³-hybridized carbons (Fsp3) is 0.308. The molecular formula is C13H16N4O3S3. The SMILES string of the molecule is CC(=O)Nc1nnc(S(=O)(=O)NCCSc2ccc(C)cc2)s1. The highest BCUT2D eigenvalue weighted by atomic mass is 32.2. The number of hydrogen-bond donors (Lipinski definition) is 2. The highest BCUT2D eigenvalue weighted by Gasteiger charge is 2.19. The number of anilines is 1. The van der Waals surface area contributed by atoms with Crippen LogP contribution in [0.2, 0.25) is 0 Å². The molecule has 0 atom stereocenters. The largest absolute Gasteiger partial charge is 0.301 e. The van der Waals surface area contributed by atoms with E-state index in [0.717, 1.165) is 16.2 Å². The van der Waals surface area contributed by atoms with E-state index in [-0.39, 0.29) is 21.9 Å². The molecule has 0 saturated heterocycles. The lowest BCUT2D eigenvalue weighted by atomic mass is 10.2. The Bertz CT molecular complexity index is 772. The number of rotatable bonds is 7. The maximum atomic E-state index is 12.1. The van der Waals surface area contributed by atoms with Gasteiger partial charge in [-0.3, -0.25) is 4.79 Å². The summed E-state index contributed by atoms with van der Waals surface area (Å²) in [5.74, 6) is 0.271. The van der Waals surface area contributed by atoms with E-state index in [4.69, 9.17) is 0 Å². The minimum Gasteiger partial charge on any atom is -0.301 e. The number of thioether (sulfide) groups is 1. The van der Waals surface area contributed by atoms with E-state index in [1.54, 1.807) is 11.8 Å². The lowest BCUT2D eigenvalue weighted by molar-refractivity contribution is -0.114. The van der Waals surface area contributed by atoms with Gasteiger partial charge in [0.05, 0.1) is 0 Å². The molecule has 23 heavy (non-hydrogen) atoms. The Kier molecular flexibility index (Phi) is 6.10. The number of aryl methyl sites for hydroxylation is 1. The maximum absolute atomic E-state index is 12.1. The normalized spacial score (nSPS) is 11.4. The predicted molar refractivity (Wildman–Crippen MR) is 91.3 cm³/mol. The average molecular weight is 372 g/mol. The number of carbonyl (C=O) groups excluding carboxylic acids is 1. The standard InChI is InChI=1S/C13H16N4O3S3/c1-9-3-5-11(6-4-9)21-8-7-14-23(19,20)13-17-16-12(22-13)15-10(2)18/h3-6,14H,7-8H2,1-2H3,(H,15,16,18). The van der Waals surface area contributed by atoms with Gasteiger partial charge in [-0.15, -0.1) is 22.0 Å². The summed E-state index contributed by atoms with van der Waals surface area (Å²) in [6.07, 6.45) is 0. The van der Waals surface area contributed by atoms with Crippen molar-refractivity contribution in [2.24, 2.45) is 0 Å². The van der Waals surface area contributed by atoms with E-state index in [9.17, 15) is 13.2 Å². The molecule has 1 heterocycles. The first-order chi connectivity index (χ1) is 10.9. The Hall–Kier alpha value is -1.49. The Labute approximate surface area is 143 Å². The first-order valence-electron chi connectivity index (χ1n) is 6.67. The van der Waals surface area contributed by atoms with Crippen molar-refractivity contribution in [1.29, 1.82) is 0 Å². The van der Waals surface area contributed by atoms with Crippen LogP contribution < -0.4 is 10.0 Å². The van der Waals surface area contributed by atoms with Gasteiger partial charge in [0.2, 0.25) is 15.4 Å². The Morgan fingerprint density at radius 1 is 1.26 bits per heavy atom. The van der Waals surface area contributed by atoms with Crippen molar-refractivity contribution in [3.63, 3.8) is 0 Å². The zero-order chi connectivity index (χ0) is 16.9. The molecule has 124 valence electrons. The number of nitrogens with one attached hydrogen (secondary N) is 2. The summed E-state index contributed by atoms with van der Waals surface area (Å²) >= 11 is 2.37. The zero-order valence-corrected chi connectivity index (χ0v) is 15.0. The fourth-order valence-electron chi connectivity index (χ4n) is 1.56. The van der Waals surface area contributed by atoms with E-state index < -0.39 is 10.0 Å². The molecule has 0 bridgehead atoms. The van der Waals surface area contributed by atoms with Crippen molar-refractivity contribution < 1.29 is 13.2 Å². The van der Waals surface area contributed by atoms with E-state index in [0.29, 0.717) is 5.75 Å². The second-order valence-corrected chi connectivity index (χ2v) is 8.70. The molecule has 2 rings (SSSR count). The first-order valence-corrected chi connectivity index (χ1v) is 9.95. The first kappa shape index (κ1) is 17.9. The van der Waals surface area contributed by atoms with Crippen molar-refractivity contribution in [2.45, 2.75) is 23.1 Å². The van der Waals surface area contributed by atoms with Crippen LogP contribution in [0.4, 0.5) is 5.13 Å². The van der Waals surface area contributed by atoms with Crippen LogP contribution in [0.25, 0.3) is 0 Å².